The number of rotatable bonds is 14. The van der Waals surface area contributed by atoms with E-state index in [1.54, 1.807) is 66.7 Å². The zero-order chi connectivity index (χ0) is 73.3. The van der Waals surface area contributed by atoms with Crippen LogP contribution in [0.2, 0.25) is 10.0 Å². The Morgan fingerprint density at radius 2 is 0.637 bits per heavy atom. The third-order valence-corrected chi connectivity index (χ3v) is 14.7. The molecular weight excluding hydrogens is 1440 g/mol. The second-order valence-electron chi connectivity index (χ2n) is 20.3. The number of aromatic amines is 4. The van der Waals surface area contributed by atoms with Crippen molar-refractivity contribution in [3.63, 3.8) is 0 Å². The van der Waals surface area contributed by atoms with Gasteiger partial charge in [0.15, 0.2) is 43.2 Å². The summed E-state index contributed by atoms with van der Waals surface area (Å²) < 4.78 is 30.1. The average molecular weight is 1490 g/mol. The summed E-state index contributed by atoms with van der Waals surface area (Å²) in [5.41, 5.74) is 25.2. The fourth-order valence-corrected chi connectivity index (χ4v) is 9.66. The number of non-ortho nitro benzene ring substituents is 2. The van der Waals surface area contributed by atoms with Crippen LogP contribution in [0.4, 0.5) is 65.7 Å². The van der Waals surface area contributed by atoms with Gasteiger partial charge in [-0.2, -0.15) is 39.2 Å². The van der Waals surface area contributed by atoms with E-state index < -0.39 is 43.7 Å². The highest BCUT2D eigenvalue weighted by Gasteiger charge is 2.22. The lowest BCUT2D eigenvalue weighted by atomic mass is 10.1. The molecule has 8 aromatic carbocycles. The molecule has 38 heteroatoms. The number of nitro benzene ring substituents is 2. The summed E-state index contributed by atoms with van der Waals surface area (Å²) in [6.07, 6.45) is 0. The van der Waals surface area contributed by atoms with Crippen molar-refractivity contribution < 1.29 is 18.6 Å². The molecule has 102 heavy (non-hydrogen) atoms. The van der Waals surface area contributed by atoms with Crippen molar-refractivity contribution in [2.24, 2.45) is 63.8 Å². The molecule has 0 atom stereocenters. The highest BCUT2D eigenvalue weighted by molar-refractivity contribution is 7.80. The van der Waals surface area contributed by atoms with E-state index in [9.17, 15) is 48.2 Å². The Balaban J connectivity index is 0.000000158. The van der Waals surface area contributed by atoms with Gasteiger partial charge in [0.2, 0.25) is 0 Å². The number of hydrogen-bond acceptors (Lipinski definition) is 20. The maximum absolute atomic E-state index is 13.2. The Labute approximate surface area is 601 Å². The third-order valence-electron chi connectivity index (χ3n) is 13.5. The van der Waals surface area contributed by atoms with Gasteiger partial charge in [-0.05, 0) is 146 Å². The van der Waals surface area contributed by atoms with Crippen LogP contribution in [0.5, 0.6) is 0 Å². The van der Waals surface area contributed by atoms with Crippen molar-refractivity contribution in [3.8, 4) is 45.0 Å². The number of nitro groups is 2. The van der Waals surface area contributed by atoms with Crippen LogP contribution in [-0.4, -0.2) is 69.4 Å². The van der Waals surface area contributed by atoms with Gasteiger partial charge in [-0.25, -0.2) is 8.78 Å². The van der Waals surface area contributed by atoms with E-state index in [0.717, 1.165) is 29.9 Å². The van der Waals surface area contributed by atoms with Crippen LogP contribution in [-0.2, 0) is 0 Å². The number of thiocarbonyl (C=S) groups is 4. The van der Waals surface area contributed by atoms with Crippen LogP contribution < -0.4 is 45.2 Å². The van der Waals surface area contributed by atoms with Gasteiger partial charge in [0.1, 0.15) is 11.6 Å². The monoisotopic (exact) mass is 1490 g/mol. The quantitative estimate of drug-likeness (QED) is 0.0217. The summed E-state index contributed by atoms with van der Waals surface area (Å²) in [4.78, 5) is 70.5. The van der Waals surface area contributed by atoms with Crippen LogP contribution >= 0.6 is 72.1 Å². The van der Waals surface area contributed by atoms with Crippen molar-refractivity contribution in [2.75, 3.05) is 0 Å². The molecule has 0 saturated heterocycles. The molecule has 0 bridgehead atoms. The molecule has 12 N–H and O–H groups in total. The van der Waals surface area contributed by atoms with Crippen molar-refractivity contribution in [2.45, 2.75) is 0 Å². The van der Waals surface area contributed by atoms with Gasteiger partial charge in [-0.3, -0.25) is 59.8 Å². The number of azo groups is 4. The number of aromatic nitrogens is 8. The number of nitrogens with zero attached hydrogens (tertiary/aromatic N) is 14. The SMILES string of the molecule is NC(=S)n1[nH]c(-c2ccc([N+](=O)[O-])cc2)c(N=Nc2ccc(F)cc2)c1=O.NC(=S)n1[nH]c(-c2ccc([N+](=O)[O-])cc2)c(N=Nc2cccc(Cl)c2)c1=O.NC(=S)n1[nH]c(-c2ccccc2)c(N=Nc2cccc(Cl)c2)c1=O.NC(=S)n1[nH]c(-c2ccccc2)c(N=Nc2cccc(F)c2)c1=O. The minimum atomic E-state index is -0.637. The van der Waals surface area contributed by atoms with E-state index in [0.29, 0.717) is 49.6 Å². The van der Waals surface area contributed by atoms with Gasteiger partial charge in [0.25, 0.3) is 11.4 Å². The number of nitrogens with two attached hydrogens (primary N) is 4. The lowest BCUT2D eigenvalue weighted by Gasteiger charge is -2.00. The minimum absolute atomic E-state index is 0.0401. The van der Waals surface area contributed by atoms with Gasteiger partial charge in [0.05, 0.1) is 55.4 Å². The van der Waals surface area contributed by atoms with Crippen molar-refractivity contribution in [1.29, 1.82) is 0 Å². The molecule has 0 saturated carbocycles. The van der Waals surface area contributed by atoms with E-state index in [-0.39, 0.29) is 71.6 Å². The zero-order valence-electron chi connectivity index (χ0n) is 51.6. The Bertz CT molecular complexity index is 5380. The lowest BCUT2D eigenvalue weighted by molar-refractivity contribution is -0.385. The van der Waals surface area contributed by atoms with Gasteiger partial charge in [0, 0.05) is 62.6 Å². The first-order valence-corrected chi connectivity index (χ1v) is 31.1. The largest absolute Gasteiger partial charge is 0.374 e. The predicted octanol–water partition coefficient (Wildman–Crippen LogP) is 14.8. The highest BCUT2D eigenvalue weighted by Crippen LogP contribution is 2.33. The Kier molecular flexibility index (Phi) is 24.1. The molecule has 30 nitrogen and oxygen atoms in total. The molecule has 0 radical (unpaired) electrons. The molecule has 0 amide bonds. The molecule has 0 aliphatic carbocycles. The number of benzene rings is 8. The van der Waals surface area contributed by atoms with Crippen molar-refractivity contribution in [3.05, 3.63) is 290 Å². The summed E-state index contributed by atoms with van der Waals surface area (Å²) in [6, 6.07) is 53.6. The molecule has 0 fully saturated rings. The summed E-state index contributed by atoms with van der Waals surface area (Å²) in [5, 5.41) is 65.0. The topological polar surface area (TPSA) is 440 Å². The maximum atomic E-state index is 13.2. The van der Waals surface area contributed by atoms with E-state index in [2.05, 4.69) is 61.3 Å². The van der Waals surface area contributed by atoms with Crippen molar-refractivity contribution >= 4 is 149 Å². The molecule has 0 unspecified atom stereocenters. The summed E-state index contributed by atoms with van der Waals surface area (Å²) in [5.74, 6) is -0.873. The second-order valence-corrected chi connectivity index (χ2v) is 22.9. The first-order valence-electron chi connectivity index (χ1n) is 28.7. The first-order chi connectivity index (χ1) is 48.8. The number of hydrogen-bond donors (Lipinski definition) is 8. The van der Waals surface area contributed by atoms with Gasteiger partial charge in [-0.15, -0.1) is 20.5 Å². The molecule has 4 heterocycles. The third kappa shape index (κ3) is 18.4. The molecule has 0 aliphatic rings. The fourth-order valence-electron chi connectivity index (χ4n) is 8.77. The first kappa shape index (κ1) is 73.3. The van der Waals surface area contributed by atoms with Gasteiger partial charge in [-0.1, -0.05) is 102 Å². The molecule has 0 spiro atoms. The maximum Gasteiger partial charge on any atom is 0.301 e. The zero-order valence-corrected chi connectivity index (χ0v) is 56.4. The predicted molar refractivity (Wildman–Crippen MR) is 396 cm³/mol. The molecule has 12 aromatic rings. The van der Waals surface area contributed by atoms with Crippen LogP contribution in [0.3, 0.4) is 0 Å². The lowest BCUT2D eigenvalue weighted by Crippen LogP contribution is -2.29. The summed E-state index contributed by atoms with van der Waals surface area (Å²) in [6.45, 7) is 0. The molecule has 4 aromatic heterocycles. The second kappa shape index (κ2) is 33.5. The van der Waals surface area contributed by atoms with E-state index >= 15 is 0 Å². The van der Waals surface area contributed by atoms with Gasteiger partial charge < -0.3 is 22.9 Å². The Morgan fingerprint density at radius 1 is 0.353 bits per heavy atom. The molecule has 512 valence electrons. The fraction of sp³-hybridized carbons (Fsp3) is 0. The summed E-state index contributed by atoms with van der Waals surface area (Å²) in [7, 11) is 0. The average Bonchev–Trinajstić information content (AvgIpc) is 1.67. The van der Waals surface area contributed by atoms with E-state index in [1.165, 1.54) is 91.0 Å². The smallest absolute Gasteiger partial charge is 0.301 e. The minimum Gasteiger partial charge on any atom is -0.374 e. The Morgan fingerprint density at radius 3 is 0.922 bits per heavy atom. The standard InChI is InChI=1S/C16H11ClN6O3S.C16H12ClN5OS.C16H11FN6O3S.C16H12FN5OS/c17-10-2-1-3-11(8-10)19-20-14-13(21-22(15(14)24)16(18)27)9-4-6-12(7-5-9)23(25)26;17-11-7-4-8-12(9-11)19-20-14-13(10-5-2-1-3-6-10)21-22(15(14)23)16(18)24;17-10-3-5-11(6-4-10)19-20-14-13(21-22(15(14)24)16(18)27)9-1-7-12(8-2-9)23(25)26;17-11-7-4-8-12(9-11)19-20-14-13(10-5-2-1-3-6-10)21-22(15(14)23)16(18)24/h1-8,21H,(H2,18,27);1-9,21H,(H2,18,24);1-8,21H,(H2,18,27);1-9,21H,(H2,18,24). The highest BCUT2D eigenvalue weighted by atomic mass is 35.5. The van der Waals surface area contributed by atoms with E-state index in [4.69, 9.17) is 95.0 Å². The van der Waals surface area contributed by atoms with E-state index in [1.807, 2.05) is 48.5 Å². The van der Waals surface area contributed by atoms with Crippen LogP contribution in [0.1, 0.15) is 0 Å². The number of nitrogens with one attached hydrogen (secondary N) is 4. The van der Waals surface area contributed by atoms with Crippen LogP contribution in [0, 0.1) is 31.9 Å². The normalized spacial score (nSPS) is 11.0. The number of H-pyrrole nitrogens is 4. The number of halogens is 4. The Hall–Kier alpha value is -13.0. The molecular formula is C64H46Cl2F2N22O8S4. The van der Waals surface area contributed by atoms with Crippen molar-refractivity contribution in [1.82, 2.24) is 39.1 Å². The van der Waals surface area contributed by atoms with Gasteiger partial charge >= 0.3 is 22.2 Å². The summed E-state index contributed by atoms with van der Waals surface area (Å²) >= 11 is 31.3. The molecule has 0 aliphatic heterocycles. The van der Waals surface area contributed by atoms with Crippen LogP contribution in [0.15, 0.2) is 266 Å². The van der Waals surface area contributed by atoms with Crippen LogP contribution in [0.25, 0.3) is 45.0 Å². The molecule has 12 rings (SSSR count).